The summed E-state index contributed by atoms with van der Waals surface area (Å²) in [4.78, 5) is 0. The number of rotatable bonds is 0. The highest BCUT2D eigenvalue weighted by Gasteiger charge is 2.41. The molecule has 2 saturated heterocycles. The second kappa shape index (κ2) is 2.66. The molecule has 0 radical (unpaired) electrons. The molecule has 1 atom stereocenters. The Kier molecular flexibility index (Phi) is 1.87. The van der Waals surface area contributed by atoms with E-state index in [1.165, 1.54) is 0 Å². The fraction of sp³-hybridized carbons (Fsp3) is 1.00. The van der Waals surface area contributed by atoms with Gasteiger partial charge in [-0.3, -0.25) is 0 Å². The molecule has 0 aromatic rings. The maximum atomic E-state index is 10.9. The van der Waals surface area contributed by atoms with Gasteiger partial charge < -0.3 is 9.47 Å². The minimum absolute atomic E-state index is 0.240. The van der Waals surface area contributed by atoms with Gasteiger partial charge in [-0.2, -0.15) is 0 Å². The predicted octanol–water partition coefficient (Wildman–Crippen LogP) is -0.947. The highest BCUT2D eigenvalue weighted by Crippen LogP contribution is 2.25. The van der Waals surface area contributed by atoms with E-state index in [0.29, 0.717) is 19.8 Å². The van der Waals surface area contributed by atoms with Crippen molar-refractivity contribution in [3.8, 4) is 0 Å². The van der Waals surface area contributed by atoms with Crippen molar-refractivity contribution in [2.75, 3.05) is 25.7 Å². The van der Waals surface area contributed by atoms with E-state index in [-0.39, 0.29) is 11.5 Å². The molecule has 1 spiro atoms. The summed E-state index contributed by atoms with van der Waals surface area (Å²) >= 11 is 0. The van der Waals surface area contributed by atoms with Crippen LogP contribution in [0.3, 0.4) is 0 Å². The van der Waals surface area contributed by atoms with Crippen molar-refractivity contribution in [3.05, 3.63) is 0 Å². The van der Waals surface area contributed by atoms with Crippen molar-refractivity contribution in [2.45, 2.75) is 12.0 Å². The van der Waals surface area contributed by atoms with Gasteiger partial charge in [0.15, 0.2) is 5.94 Å². The van der Waals surface area contributed by atoms with Crippen LogP contribution < -0.4 is 4.72 Å². The summed E-state index contributed by atoms with van der Waals surface area (Å²) < 4.78 is 34.7. The molecule has 0 aromatic heterocycles. The first kappa shape index (κ1) is 8.43. The fourth-order valence-corrected chi connectivity index (χ4v) is 2.35. The molecule has 0 bridgehead atoms. The van der Waals surface area contributed by atoms with Crippen molar-refractivity contribution in [1.82, 2.24) is 4.72 Å². The normalized spacial score (nSPS) is 40.3. The maximum absolute atomic E-state index is 10.9. The lowest BCUT2D eigenvalue weighted by atomic mass is 10.0. The zero-order valence-corrected chi connectivity index (χ0v) is 7.39. The van der Waals surface area contributed by atoms with Gasteiger partial charge in [0.1, 0.15) is 5.60 Å². The smallest absolute Gasteiger partial charge is 0.235 e. The van der Waals surface area contributed by atoms with E-state index in [1.807, 2.05) is 0 Å². The summed E-state index contributed by atoms with van der Waals surface area (Å²) in [7, 11) is -3.17. The fourth-order valence-electron chi connectivity index (χ4n) is 1.38. The topological polar surface area (TPSA) is 64.6 Å². The Morgan fingerprint density at radius 3 is 2.75 bits per heavy atom. The minimum atomic E-state index is -3.17. The Bertz CT molecular complexity index is 251. The van der Waals surface area contributed by atoms with Gasteiger partial charge in [0.05, 0.1) is 6.61 Å². The van der Waals surface area contributed by atoms with Gasteiger partial charge in [-0.15, -0.1) is 0 Å². The van der Waals surface area contributed by atoms with Crippen LogP contribution in [-0.4, -0.2) is 39.7 Å². The van der Waals surface area contributed by atoms with E-state index in [4.69, 9.17) is 9.47 Å². The van der Waals surface area contributed by atoms with E-state index in [9.17, 15) is 8.42 Å². The number of hydrogen-bond acceptors (Lipinski definition) is 4. The highest BCUT2D eigenvalue weighted by molar-refractivity contribution is 7.89. The number of ether oxygens (including phenoxy) is 2. The van der Waals surface area contributed by atoms with Gasteiger partial charge in [0.25, 0.3) is 0 Å². The molecule has 0 amide bonds. The third kappa shape index (κ3) is 1.47. The van der Waals surface area contributed by atoms with Crippen LogP contribution in [0.25, 0.3) is 0 Å². The molecule has 2 aliphatic heterocycles. The maximum Gasteiger partial charge on any atom is 0.235 e. The van der Waals surface area contributed by atoms with Crippen molar-refractivity contribution in [1.29, 1.82) is 0 Å². The Hall–Kier alpha value is -0.170. The quantitative estimate of drug-likeness (QED) is 0.539. The molecule has 6 heteroatoms. The second-order valence-corrected chi connectivity index (χ2v) is 4.94. The van der Waals surface area contributed by atoms with E-state index >= 15 is 0 Å². The first-order valence-electron chi connectivity index (χ1n) is 3.81. The van der Waals surface area contributed by atoms with Gasteiger partial charge in [-0.05, 0) is 0 Å². The lowest BCUT2D eigenvalue weighted by Crippen LogP contribution is -2.52. The minimum Gasteiger partial charge on any atom is -0.378 e. The monoisotopic (exact) mass is 193 g/mol. The first-order valence-corrected chi connectivity index (χ1v) is 5.46. The summed E-state index contributed by atoms with van der Waals surface area (Å²) in [6.07, 6.45) is 0.773. The Morgan fingerprint density at radius 2 is 2.25 bits per heavy atom. The SMILES string of the molecule is O=S1(=O)COC2(CCOC2)CN1. The Labute approximate surface area is 71.1 Å². The van der Waals surface area contributed by atoms with Crippen molar-refractivity contribution < 1.29 is 17.9 Å². The molecule has 0 saturated carbocycles. The van der Waals surface area contributed by atoms with E-state index in [1.54, 1.807) is 0 Å². The molecule has 12 heavy (non-hydrogen) atoms. The summed E-state index contributed by atoms with van der Waals surface area (Å²) in [6, 6.07) is 0. The zero-order chi connectivity index (χ0) is 8.66. The average molecular weight is 193 g/mol. The molecule has 2 heterocycles. The predicted molar refractivity (Wildman–Crippen MR) is 41.0 cm³/mol. The Morgan fingerprint density at radius 1 is 1.42 bits per heavy atom. The highest BCUT2D eigenvalue weighted by atomic mass is 32.2. The van der Waals surface area contributed by atoms with Crippen LogP contribution in [0.1, 0.15) is 6.42 Å². The van der Waals surface area contributed by atoms with Crippen LogP contribution in [0, 0.1) is 0 Å². The molecule has 1 N–H and O–H groups in total. The van der Waals surface area contributed by atoms with Crippen LogP contribution in [0.5, 0.6) is 0 Å². The van der Waals surface area contributed by atoms with Gasteiger partial charge in [0.2, 0.25) is 10.0 Å². The van der Waals surface area contributed by atoms with Gasteiger partial charge >= 0.3 is 0 Å². The number of hydrogen-bond donors (Lipinski definition) is 1. The lowest BCUT2D eigenvalue weighted by Gasteiger charge is -2.31. The largest absolute Gasteiger partial charge is 0.378 e. The molecule has 2 fully saturated rings. The lowest BCUT2D eigenvalue weighted by molar-refractivity contribution is -0.0316. The molecule has 0 aromatic carbocycles. The van der Waals surface area contributed by atoms with Crippen LogP contribution in [0.15, 0.2) is 0 Å². The summed E-state index contributed by atoms with van der Waals surface area (Å²) in [5, 5.41) is 0. The van der Waals surface area contributed by atoms with Crippen LogP contribution in [0.2, 0.25) is 0 Å². The molecule has 0 aliphatic carbocycles. The molecule has 2 aliphatic rings. The van der Waals surface area contributed by atoms with Crippen molar-refractivity contribution >= 4 is 10.0 Å². The summed E-state index contributed by atoms with van der Waals surface area (Å²) in [5.74, 6) is -0.240. The van der Waals surface area contributed by atoms with E-state index in [0.717, 1.165) is 6.42 Å². The standard InChI is InChI=1S/C6H11NO4S/c8-12(9)5-11-6(3-7-12)1-2-10-4-6/h7H,1-5H2. The van der Waals surface area contributed by atoms with Gasteiger partial charge in [-0.1, -0.05) is 0 Å². The molecular formula is C6H11NO4S. The molecule has 70 valence electrons. The average Bonchev–Trinajstić information content (AvgIpc) is 2.46. The Balaban J connectivity index is 2.06. The molecule has 5 nitrogen and oxygen atoms in total. The van der Waals surface area contributed by atoms with E-state index < -0.39 is 10.0 Å². The van der Waals surface area contributed by atoms with Crippen LogP contribution >= 0.6 is 0 Å². The zero-order valence-electron chi connectivity index (χ0n) is 6.58. The van der Waals surface area contributed by atoms with Gasteiger partial charge in [-0.25, -0.2) is 13.1 Å². The van der Waals surface area contributed by atoms with E-state index in [2.05, 4.69) is 4.72 Å². The molecular weight excluding hydrogens is 182 g/mol. The number of nitrogens with one attached hydrogen (secondary N) is 1. The third-order valence-electron chi connectivity index (χ3n) is 2.20. The van der Waals surface area contributed by atoms with Gasteiger partial charge in [0, 0.05) is 19.6 Å². The second-order valence-electron chi connectivity index (χ2n) is 3.18. The van der Waals surface area contributed by atoms with Crippen molar-refractivity contribution in [2.24, 2.45) is 0 Å². The van der Waals surface area contributed by atoms with Crippen LogP contribution in [-0.2, 0) is 19.5 Å². The molecule has 2 rings (SSSR count). The number of sulfonamides is 1. The van der Waals surface area contributed by atoms with Crippen LogP contribution in [0.4, 0.5) is 0 Å². The third-order valence-corrected chi connectivity index (χ3v) is 3.21. The summed E-state index contributed by atoms with van der Waals surface area (Å²) in [6.45, 7) is 1.49. The first-order chi connectivity index (χ1) is 5.62. The summed E-state index contributed by atoms with van der Waals surface area (Å²) in [5.41, 5.74) is -0.384. The molecule has 1 unspecified atom stereocenters. The van der Waals surface area contributed by atoms with Crippen molar-refractivity contribution in [3.63, 3.8) is 0 Å².